The van der Waals surface area contributed by atoms with Crippen molar-refractivity contribution in [2.45, 2.75) is 32.3 Å². The summed E-state index contributed by atoms with van der Waals surface area (Å²) in [6.07, 6.45) is -3.45. The van der Waals surface area contributed by atoms with Crippen molar-refractivity contribution in [3.63, 3.8) is 0 Å². The molecule has 0 saturated carbocycles. The molecule has 0 fully saturated rings. The predicted molar refractivity (Wildman–Crippen MR) is 135 cm³/mol. The number of amides is 1. The van der Waals surface area contributed by atoms with Gasteiger partial charge in [0.25, 0.3) is 0 Å². The van der Waals surface area contributed by atoms with Crippen LogP contribution in [0.15, 0.2) is 66.4 Å². The Hall–Kier alpha value is -4.30. The SMILES string of the molecule is C=CC(C)C(=O)Nc1ncccc1-n1cnc(Cn2nc(-c3ccc(Cl)cc3)n(C[C@H](O)C(F)(F)F)c2=O)n1. The first kappa shape index (κ1) is 27.7. The Labute approximate surface area is 224 Å². The molecule has 0 saturated heterocycles. The van der Waals surface area contributed by atoms with Crippen LogP contribution in [0, 0.1) is 5.92 Å². The zero-order valence-corrected chi connectivity index (χ0v) is 21.1. The van der Waals surface area contributed by atoms with E-state index in [-0.39, 0.29) is 29.9 Å². The molecule has 2 N–H and O–H groups in total. The molecule has 15 heteroatoms. The maximum absolute atomic E-state index is 13.1. The van der Waals surface area contributed by atoms with Crippen molar-refractivity contribution in [2.75, 3.05) is 5.32 Å². The summed E-state index contributed by atoms with van der Waals surface area (Å²) in [5.41, 5.74) is -0.214. The van der Waals surface area contributed by atoms with Crippen LogP contribution in [-0.2, 0) is 17.9 Å². The number of nitrogens with one attached hydrogen (secondary N) is 1. The Morgan fingerprint density at radius 1 is 1.21 bits per heavy atom. The van der Waals surface area contributed by atoms with Crippen molar-refractivity contribution in [3.05, 3.63) is 82.9 Å². The number of carbonyl (C=O) groups is 1. The van der Waals surface area contributed by atoms with Crippen LogP contribution in [0.4, 0.5) is 19.0 Å². The number of aromatic nitrogens is 7. The lowest BCUT2D eigenvalue weighted by Gasteiger charge is -2.15. The van der Waals surface area contributed by atoms with Gasteiger partial charge in [0.2, 0.25) is 5.91 Å². The van der Waals surface area contributed by atoms with Crippen LogP contribution in [0.3, 0.4) is 0 Å². The van der Waals surface area contributed by atoms with Gasteiger partial charge in [0.15, 0.2) is 23.6 Å². The van der Waals surface area contributed by atoms with E-state index in [4.69, 9.17) is 11.6 Å². The number of benzene rings is 1. The lowest BCUT2D eigenvalue weighted by atomic mass is 10.1. The Bertz CT molecular complexity index is 1550. The molecular formula is C24H22ClF3N8O3. The number of alkyl halides is 3. The van der Waals surface area contributed by atoms with Gasteiger partial charge >= 0.3 is 11.9 Å². The summed E-state index contributed by atoms with van der Waals surface area (Å²) in [5, 5.41) is 21.2. The largest absolute Gasteiger partial charge is 0.416 e. The quantitative estimate of drug-likeness (QED) is 0.300. The van der Waals surface area contributed by atoms with Crippen molar-refractivity contribution in [3.8, 4) is 17.1 Å². The molecule has 4 aromatic rings. The molecule has 0 aliphatic carbocycles. The average molecular weight is 563 g/mol. The Morgan fingerprint density at radius 3 is 2.59 bits per heavy atom. The highest BCUT2D eigenvalue weighted by atomic mass is 35.5. The molecule has 3 heterocycles. The average Bonchev–Trinajstić information content (AvgIpc) is 3.49. The zero-order valence-electron chi connectivity index (χ0n) is 20.4. The van der Waals surface area contributed by atoms with Gasteiger partial charge in [-0.05, 0) is 36.4 Å². The smallest absolute Gasteiger partial charge is 0.382 e. The highest BCUT2D eigenvalue weighted by Gasteiger charge is 2.39. The molecule has 0 spiro atoms. The number of hydrogen-bond acceptors (Lipinski definition) is 7. The molecule has 2 atom stereocenters. The van der Waals surface area contributed by atoms with Crippen molar-refractivity contribution in [1.29, 1.82) is 0 Å². The van der Waals surface area contributed by atoms with E-state index in [0.29, 0.717) is 16.3 Å². The van der Waals surface area contributed by atoms with E-state index >= 15 is 0 Å². The Kier molecular flexibility index (Phi) is 7.97. The molecule has 0 bridgehead atoms. The van der Waals surface area contributed by atoms with Gasteiger partial charge in [-0.25, -0.2) is 24.1 Å². The minimum atomic E-state index is -4.94. The highest BCUT2D eigenvalue weighted by Crippen LogP contribution is 2.24. The summed E-state index contributed by atoms with van der Waals surface area (Å²) in [6, 6.07) is 9.23. The van der Waals surface area contributed by atoms with Crippen LogP contribution in [-0.4, -0.2) is 57.4 Å². The molecule has 204 valence electrons. The van der Waals surface area contributed by atoms with Gasteiger partial charge in [-0.2, -0.15) is 13.2 Å². The lowest BCUT2D eigenvalue weighted by Crippen LogP contribution is -2.37. The number of anilines is 1. The first-order valence-electron chi connectivity index (χ1n) is 11.5. The van der Waals surface area contributed by atoms with Crippen LogP contribution < -0.4 is 11.0 Å². The molecule has 1 amide bonds. The molecule has 1 aromatic carbocycles. The molecular weight excluding hydrogens is 541 g/mol. The Balaban J connectivity index is 1.66. The number of aliphatic hydroxyl groups is 1. The fraction of sp³-hybridized carbons (Fsp3) is 0.250. The number of pyridine rings is 1. The summed E-state index contributed by atoms with van der Waals surface area (Å²) in [7, 11) is 0. The standard InChI is InChI=1S/C24H22ClF3N8O3/c1-3-14(2)22(38)31-20-17(5-4-10-29-20)36-13-30-19(32-36)12-35-23(39)34(11-18(37)24(26,27)28)21(33-35)15-6-8-16(25)9-7-15/h3-10,13-14,18,37H,1,11-12H2,2H3,(H,29,31,38)/t14?,18-/m0/s1. The van der Waals surface area contributed by atoms with Gasteiger partial charge in [0.1, 0.15) is 18.6 Å². The van der Waals surface area contributed by atoms with E-state index in [0.717, 1.165) is 9.25 Å². The minimum absolute atomic E-state index is 0.0985. The van der Waals surface area contributed by atoms with Gasteiger partial charge in [-0.15, -0.1) is 16.8 Å². The number of aliphatic hydroxyl groups excluding tert-OH is 1. The monoisotopic (exact) mass is 562 g/mol. The summed E-state index contributed by atoms with van der Waals surface area (Å²) in [5.74, 6) is -0.605. The van der Waals surface area contributed by atoms with Gasteiger partial charge in [0.05, 0.1) is 12.5 Å². The molecule has 3 aromatic heterocycles. The Morgan fingerprint density at radius 2 is 1.92 bits per heavy atom. The van der Waals surface area contributed by atoms with E-state index in [1.807, 2.05) is 0 Å². The van der Waals surface area contributed by atoms with Crippen LogP contribution in [0.25, 0.3) is 17.1 Å². The molecule has 0 radical (unpaired) electrons. The first-order chi connectivity index (χ1) is 18.5. The van der Waals surface area contributed by atoms with E-state index in [2.05, 4.69) is 32.1 Å². The van der Waals surface area contributed by atoms with Gasteiger partial charge in [-0.3, -0.25) is 9.36 Å². The number of carbonyl (C=O) groups excluding carboxylic acids is 1. The fourth-order valence-electron chi connectivity index (χ4n) is 3.43. The summed E-state index contributed by atoms with van der Waals surface area (Å²) < 4.78 is 42.2. The lowest BCUT2D eigenvalue weighted by molar-refractivity contribution is -0.207. The van der Waals surface area contributed by atoms with Crippen molar-refractivity contribution in [2.24, 2.45) is 5.92 Å². The zero-order chi connectivity index (χ0) is 28.3. The van der Waals surface area contributed by atoms with Crippen LogP contribution in [0.2, 0.25) is 5.02 Å². The molecule has 11 nitrogen and oxygen atoms in total. The summed E-state index contributed by atoms with van der Waals surface area (Å²) in [4.78, 5) is 33.7. The highest BCUT2D eigenvalue weighted by molar-refractivity contribution is 6.30. The second-order valence-corrected chi connectivity index (χ2v) is 8.87. The fourth-order valence-corrected chi connectivity index (χ4v) is 3.56. The molecule has 39 heavy (non-hydrogen) atoms. The van der Waals surface area contributed by atoms with Crippen molar-refractivity contribution < 1.29 is 23.1 Å². The number of halogens is 4. The third kappa shape index (κ3) is 6.23. The van der Waals surface area contributed by atoms with Crippen molar-refractivity contribution >= 4 is 23.3 Å². The van der Waals surface area contributed by atoms with Crippen LogP contribution in [0.5, 0.6) is 0 Å². The first-order valence-corrected chi connectivity index (χ1v) is 11.8. The third-order valence-corrected chi connectivity index (χ3v) is 5.88. The molecule has 0 aliphatic rings. The maximum atomic E-state index is 13.1. The van der Waals surface area contributed by atoms with Crippen LogP contribution in [0.1, 0.15) is 12.7 Å². The number of nitrogens with zero attached hydrogens (tertiary/aromatic N) is 7. The number of rotatable bonds is 9. The maximum Gasteiger partial charge on any atom is 0.416 e. The van der Waals surface area contributed by atoms with Gasteiger partial charge < -0.3 is 10.4 Å². The molecule has 0 aliphatic heterocycles. The minimum Gasteiger partial charge on any atom is -0.382 e. The van der Waals surface area contributed by atoms with Crippen LogP contribution >= 0.6 is 11.6 Å². The normalized spacial score (nSPS) is 13.2. The second kappa shape index (κ2) is 11.2. The van der Waals surface area contributed by atoms with E-state index in [1.54, 1.807) is 19.1 Å². The molecule has 4 rings (SSSR count). The van der Waals surface area contributed by atoms with Crippen molar-refractivity contribution in [1.82, 2.24) is 34.1 Å². The predicted octanol–water partition coefficient (Wildman–Crippen LogP) is 3.07. The van der Waals surface area contributed by atoms with Gasteiger partial charge in [0, 0.05) is 16.8 Å². The summed E-state index contributed by atoms with van der Waals surface area (Å²) >= 11 is 5.91. The van der Waals surface area contributed by atoms with Gasteiger partial charge in [-0.1, -0.05) is 24.6 Å². The third-order valence-electron chi connectivity index (χ3n) is 5.63. The molecule has 1 unspecified atom stereocenters. The topological polar surface area (TPSA) is 133 Å². The summed E-state index contributed by atoms with van der Waals surface area (Å²) in [6.45, 7) is 3.90. The van der Waals surface area contributed by atoms with E-state index < -0.39 is 30.4 Å². The number of hydrogen-bond donors (Lipinski definition) is 2. The van der Waals surface area contributed by atoms with E-state index in [9.17, 15) is 27.9 Å². The second-order valence-electron chi connectivity index (χ2n) is 8.43. The van der Waals surface area contributed by atoms with E-state index in [1.165, 1.54) is 47.5 Å².